The molecule has 2 N–H and O–H groups in total. The SMILES string of the molecule is COc1ccc(NC2CCC(C)c3ccccc32)cc1O. The van der Waals surface area contributed by atoms with Crippen molar-refractivity contribution in [2.24, 2.45) is 0 Å². The maximum atomic E-state index is 9.89. The summed E-state index contributed by atoms with van der Waals surface area (Å²) in [6.07, 6.45) is 2.28. The van der Waals surface area contributed by atoms with E-state index in [1.807, 2.05) is 6.07 Å². The van der Waals surface area contributed by atoms with E-state index in [0.29, 0.717) is 17.7 Å². The summed E-state index contributed by atoms with van der Waals surface area (Å²) in [5, 5.41) is 13.4. The highest BCUT2D eigenvalue weighted by Gasteiger charge is 2.24. The molecule has 0 aliphatic heterocycles. The lowest BCUT2D eigenvalue weighted by Gasteiger charge is -2.31. The molecule has 3 heteroatoms. The second kappa shape index (κ2) is 5.68. The standard InChI is InChI=1S/C18H21NO2/c1-12-7-9-16(15-6-4-3-5-14(12)15)19-13-8-10-18(21-2)17(20)11-13/h3-6,8,10-12,16,19-20H,7,9H2,1-2H3. The number of phenols is 1. The van der Waals surface area contributed by atoms with Gasteiger partial charge in [-0.1, -0.05) is 31.2 Å². The fraction of sp³-hybridized carbons (Fsp3) is 0.333. The zero-order valence-corrected chi connectivity index (χ0v) is 12.5. The van der Waals surface area contributed by atoms with Crippen molar-refractivity contribution in [1.82, 2.24) is 0 Å². The molecule has 21 heavy (non-hydrogen) atoms. The molecule has 1 aliphatic rings. The predicted octanol–water partition coefficient (Wildman–Crippen LogP) is 4.45. The van der Waals surface area contributed by atoms with Gasteiger partial charge in [0.1, 0.15) is 0 Å². The third kappa shape index (κ3) is 2.68. The molecule has 3 nitrogen and oxygen atoms in total. The molecule has 0 spiro atoms. The number of ether oxygens (including phenoxy) is 1. The van der Waals surface area contributed by atoms with Crippen molar-refractivity contribution in [1.29, 1.82) is 0 Å². The second-order valence-electron chi connectivity index (χ2n) is 5.69. The van der Waals surface area contributed by atoms with Crippen LogP contribution in [0, 0.1) is 0 Å². The van der Waals surface area contributed by atoms with E-state index in [2.05, 4.69) is 36.5 Å². The number of hydrogen-bond acceptors (Lipinski definition) is 3. The molecular formula is C18H21NO2. The van der Waals surface area contributed by atoms with Crippen molar-refractivity contribution in [3.63, 3.8) is 0 Å². The smallest absolute Gasteiger partial charge is 0.160 e. The molecule has 0 fully saturated rings. The van der Waals surface area contributed by atoms with Gasteiger partial charge in [0.2, 0.25) is 0 Å². The first kappa shape index (κ1) is 13.8. The molecular weight excluding hydrogens is 262 g/mol. The first-order valence-corrected chi connectivity index (χ1v) is 7.41. The van der Waals surface area contributed by atoms with Crippen LogP contribution in [-0.4, -0.2) is 12.2 Å². The largest absolute Gasteiger partial charge is 0.504 e. The molecule has 2 aromatic rings. The Morgan fingerprint density at radius 1 is 1.10 bits per heavy atom. The topological polar surface area (TPSA) is 41.5 Å². The van der Waals surface area contributed by atoms with E-state index < -0.39 is 0 Å². The Kier molecular flexibility index (Phi) is 3.74. The van der Waals surface area contributed by atoms with Gasteiger partial charge < -0.3 is 15.2 Å². The number of rotatable bonds is 3. The van der Waals surface area contributed by atoms with Crippen molar-refractivity contribution in [2.45, 2.75) is 31.7 Å². The van der Waals surface area contributed by atoms with E-state index in [9.17, 15) is 5.11 Å². The molecule has 3 rings (SSSR count). The highest BCUT2D eigenvalue weighted by molar-refractivity contribution is 5.55. The van der Waals surface area contributed by atoms with Crippen LogP contribution >= 0.6 is 0 Å². The Morgan fingerprint density at radius 2 is 1.86 bits per heavy atom. The Labute approximate surface area is 125 Å². The molecule has 2 unspecified atom stereocenters. The molecule has 0 radical (unpaired) electrons. The van der Waals surface area contributed by atoms with Crippen molar-refractivity contribution in [2.75, 3.05) is 12.4 Å². The highest BCUT2D eigenvalue weighted by Crippen LogP contribution is 2.39. The lowest BCUT2D eigenvalue weighted by Crippen LogP contribution is -2.19. The van der Waals surface area contributed by atoms with Crippen molar-refractivity contribution < 1.29 is 9.84 Å². The fourth-order valence-electron chi connectivity index (χ4n) is 3.14. The van der Waals surface area contributed by atoms with Gasteiger partial charge in [0.05, 0.1) is 13.2 Å². The third-order valence-corrected chi connectivity index (χ3v) is 4.31. The van der Waals surface area contributed by atoms with E-state index in [0.717, 1.165) is 12.1 Å². The Hall–Kier alpha value is -2.16. The average Bonchev–Trinajstić information content (AvgIpc) is 2.51. The molecule has 0 heterocycles. The number of nitrogens with one attached hydrogen (secondary N) is 1. The van der Waals surface area contributed by atoms with Gasteiger partial charge in [-0.05, 0) is 42.0 Å². The number of benzene rings is 2. The van der Waals surface area contributed by atoms with Crippen LogP contribution in [0.4, 0.5) is 5.69 Å². The highest BCUT2D eigenvalue weighted by atomic mass is 16.5. The number of aromatic hydroxyl groups is 1. The van der Waals surface area contributed by atoms with Gasteiger partial charge in [-0.2, -0.15) is 0 Å². The van der Waals surface area contributed by atoms with E-state index in [1.54, 1.807) is 19.2 Å². The van der Waals surface area contributed by atoms with Crippen LogP contribution in [0.15, 0.2) is 42.5 Å². The lowest BCUT2D eigenvalue weighted by atomic mass is 9.81. The molecule has 0 saturated heterocycles. The lowest BCUT2D eigenvalue weighted by molar-refractivity contribution is 0.373. The van der Waals surface area contributed by atoms with Gasteiger partial charge in [-0.3, -0.25) is 0 Å². The average molecular weight is 283 g/mol. The van der Waals surface area contributed by atoms with Gasteiger partial charge in [-0.25, -0.2) is 0 Å². The zero-order chi connectivity index (χ0) is 14.8. The number of fused-ring (bicyclic) bond motifs is 1. The summed E-state index contributed by atoms with van der Waals surface area (Å²) in [5.74, 6) is 1.28. The van der Waals surface area contributed by atoms with Crippen LogP contribution in [-0.2, 0) is 0 Å². The van der Waals surface area contributed by atoms with Gasteiger partial charge in [0.25, 0.3) is 0 Å². The van der Waals surface area contributed by atoms with Crippen LogP contribution < -0.4 is 10.1 Å². The number of hydrogen-bond donors (Lipinski definition) is 2. The Morgan fingerprint density at radius 3 is 2.57 bits per heavy atom. The van der Waals surface area contributed by atoms with Crippen molar-refractivity contribution in [3.8, 4) is 11.5 Å². The van der Waals surface area contributed by atoms with Crippen LogP contribution in [0.1, 0.15) is 42.9 Å². The van der Waals surface area contributed by atoms with Gasteiger partial charge in [0, 0.05) is 11.8 Å². The van der Waals surface area contributed by atoms with Gasteiger partial charge in [0.15, 0.2) is 11.5 Å². The minimum absolute atomic E-state index is 0.167. The third-order valence-electron chi connectivity index (χ3n) is 4.31. The van der Waals surface area contributed by atoms with E-state index in [4.69, 9.17) is 4.74 Å². The first-order valence-electron chi connectivity index (χ1n) is 7.41. The summed E-state index contributed by atoms with van der Waals surface area (Å²) in [6.45, 7) is 2.29. The minimum Gasteiger partial charge on any atom is -0.504 e. The molecule has 0 amide bonds. The minimum atomic E-state index is 0.167. The molecule has 110 valence electrons. The van der Waals surface area contributed by atoms with E-state index >= 15 is 0 Å². The van der Waals surface area contributed by atoms with E-state index in [-0.39, 0.29) is 5.75 Å². The summed E-state index contributed by atoms with van der Waals surface area (Å²) < 4.78 is 5.08. The van der Waals surface area contributed by atoms with Gasteiger partial charge >= 0.3 is 0 Å². The Balaban J connectivity index is 1.86. The number of methoxy groups -OCH3 is 1. The Bertz CT molecular complexity index is 639. The summed E-state index contributed by atoms with van der Waals surface area (Å²) in [7, 11) is 1.56. The molecule has 0 aromatic heterocycles. The molecule has 0 bridgehead atoms. The zero-order valence-electron chi connectivity index (χ0n) is 12.5. The van der Waals surface area contributed by atoms with Crippen molar-refractivity contribution in [3.05, 3.63) is 53.6 Å². The normalized spacial score (nSPS) is 20.7. The van der Waals surface area contributed by atoms with E-state index in [1.165, 1.54) is 17.5 Å². The predicted molar refractivity (Wildman–Crippen MR) is 85.1 cm³/mol. The summed E-state index contributed by atoms with van der Waals surface area (Å²) in [5.41, 5.74) is 3.72. The summed E-state index contributed by atoms with van der Waals surface area (Å²) >= 11 is 0. The maximum Gasteiger partial charge on any atom is 0.160 e. The van der Waals surface area contributed by atoms with Crippen LogP contribution in [0.3, 0.4) is 0 Å². The number of phenolic OH excluding ortho intramolecular Hbond substituents is 1. The fourth-order valence-corrected chi connectivity index (χ4v) is 3.14. The maximum absolute atomic E-state index is 9.89. The summed E-state index contributed by atoms with van der Waals surface area (Å²) in [4.78, 5) is 0. The second-order valence-corrected chi connectivity index (χ2v) is 5.69. The molecule has 0 saturated carbocycles. The summed E-state index contributed by atoms with van der Waals surface area (Å²) in [6, 6.07) is 14.4. The first-order chi connectivity index (χ1) is 10.2. The number of anilines is 1. The quantitative estimate of drug-likeness (QED) is 0.874. The van der Waals surface area contributed by atoms with Crippen LogP contribution in [0.2, 0.25) is 0 Å². The van der Waals surface area contributed by atoms with Crippen LogP contribution in [0.25, 0.3) is 0 Å². The van der Waals surface area contributed by atoms with Crippen LogP contribution in [0.5, 0.6) is 11.5 Å². The molecule has 2 atom stereocenters. The molecule has 1 aliphatic carbocycles. The van der Waals surface area contributed by atoms with Gasteiger partial charge in [-0.15, -0.1) is 0 Å². The monoisotopic (exact) mass is 283 g/mol. The van der Waals surface area contributed by atoms with Crippen molar-refractivity contribution >= 4 is 5.69 Å². The molecule has 2 aromatic carbocycles.